The van der Waals surface area contributed by atoms with E-state index in [1.54, 1.807) is 0 Å². The summed E-state index contributed by atoms with van der Waals surface area (Å²) in [5.74, 6) is -0.350. The van der Waals surface area contributed by atoms with Crippen LogP contribution in [0.1, 0.15) is 12.8 Å². The Labute approximate surface area is 69.9 Å². The average molecular weight is 174 g/mol. The van der Waals surface area contributed by atoms with E-state index in [1.165, 1.54) is 6.08 Å². The number of ether oxygens (including phenoxy) is 1. The monoisotopic (exact) mass is 174 g/mol. The van der Waals surface area contributed by atoms with Crippen LogP contribution in [0.15, 0.2) is 12.7 Å². The first-order valence-electron chi connectivity index (χ1n) is 3.59. The van der Waals surface area contributed by atoms with Crippen molar-refractivity contribution in [2.45, 2.75) is 12.8 Å². The summed E-state index contributed by atoms with van der Waals surface area (Å²) in [6.07, 6.45) is 2.99. The van der Waals surface area contributed by atoms with E-state index < -0.39 is 0 Å². The molecule has 0 heterocycles. The van der Waals surface area contributed by atoms with Gasteiger partial charge >= 0.3 is 5.97 Å². The van der Waals surface area contributed by atoms with E-state index in [1.807, 2.05) is 0 Å². The fourth-order valence-electron chi connectivity index (χ4n) is 0.580. The van der Waals surface area contributed by atoms with Gasteiger partial charge in [0.25, 0.3) is 0 Å². The van der Waals surface area contributed by atoms with Crippen LogP contribution in [0.2, 0.25) is 0 Å². The Bertz CT molecular complexity index is 125. The lowest BCUT2D eigenvalue weighted by atomic mass is 10.3. The minimum Gasteiger partial charge on any atom is -0.463 e. The topological polar surface area (TPSA) is 35.5 Å². The second-order valence-electron chi connectivity index (χ2n) is 2.07. The van der Waals surface area contributed by atoms with Crippen molar-refractivity contribution in [3.63, 3.8) is 0 Å². The highest BCUT2D eigenvalue weighted by atomic mass is 28.2. The molecule has 0 N–H and O–H groups in total. The molecule has 0 saturated carbocycles. The van der Waals surface area contributed by atoms with Gasteiger partial charge in [-0.2, -0.15) is 0 Å². The number of hydrogen-bond donors (Lipinski definition) is 0. The van der Waals surface area contributed by atoms with Gasteiger partial charge in [0.15, 0.2) is 0 Å². The average Bonchev–Trinajstić information content (AvgIpc) is 2.04. The Morgan fingerprint density at radius 2 is 2.09 bits per heavy atom. The van der Waals surface area contributed by atoms with E-state index in [-0.39, 0.29) is 5.97 Å². The highest BCUT2D eigenvalue weighted by molar-refractivity contribution is 5.97. The molecule has 11 heavy (non-hydrogen) atoms. The molecular weight excluding hydrogens is 160 g/mol. The number of hydrogen-bond acceptors (Lipinski definition) is 3. The van der Waals surface area contributed by atoms with Gasteiger partial charge in [0.1, 0.15) is 10.5 Å². The molecule has 0 aromatic carbocycles. The second kappa shape index (κ2) is 7.49. The van der Waals surface area contributed by atoms with Gasteiger partial charge in [-0.3, -0.25) is 0 Å². The maximum absolute atomic E-state index is 10.5. The van der Waals surface area contributed by atoms with Crippen molar-refractivity contribution in [2.24, 2.45) is 0 Å². The number of carbonyl (C=O) groups excluding carboxylic acids is 1. The molecule has 0 amide bonds. The van der Waals surface area contributed by atoms with Crippen LogP contribution < -0.4 is 0 Å². The van der Waals surface area contributed by atoms with Crippen molar-refractivity contribution in [3.05, 3.63) is 12.7 Å². The van der Waals surface area contributed by atoms with E-state index in [9.17, 15) is 4.79 Å². The summed E-state index contributed by atoms with van der Waals surface area (Å²) in [5.41, 5.74) is 0. The van der Waals surface area contributed by atoms with E-state index >= 15 is 0 Å². The fourth-order valence-corrected chi connectivity index (χ4v) is 0.869. The quantitative estimate of drug-likeness (QED) is 0.242. The molecule has 0 unspecified atom stereocenters. The highest BCUT2D eigenvalue weighted by Crippen LogP contribution is 1.90. The van der Waals surface area contributed by atoms with Gasteiger partial charge < -0.3 is 9.16 Å². The van der Waals surface area contributed by atoms with E-state index in [0.717, 1.165) is 29.9 Å². The first-order valence-corrected chi connectivity index (χ1v) is 4.41. The first-order chi connectivity index (χ1) is 5.31. The fraction of sp³-hybridized carbons (Fsp3) is 0.571. The molecule has 0 fully saturated rings. The van der Waals surface area contributed by atoms with E-state index in [4.69, 9.17) is 9.16 Å². The lowest BCUT2D eigenvalue weighted by Gasteiger charge is -2.00. The predicted molar refractivity (Wildman–Crippen MR) is 46.3 cm³/mol. The molecule has 64 valence electrons. The largest absolute Gasteiger partial charge is 0.463 e. The van der Waals surface area contributed by atoms with Crippen molar-refractivity contribution in [3.8, 4) is 0 Å². The van der Waals surface area contributed by atoms with Gasteiger partial charge in [-0.25, -0.2) is 4.79 Å². The van der Waals surface area contributed by atoms with E-state index in [0.29, 0.717) is 6.61 Å². The SMILES string of the molecule is C=CC(=O)OCCCCO[SiH3]. The minimum absolute atomic E-state index is 0.350. The minimum atomic E-state index is -0.350. The Hall–Kier alpha value is -0.613. The Kier molecular flexibility index (Phi) is 7.08. The summed E-state index contributed by atoms with van der Waals surface area (Å²) in [4.78, 5) is 10.5. The maximum atomic E-state index is 10.5. The van der Waals surface area contributed by atoms with Gasteiger partial charge in [-0.1, -0.05) is 6.58 Å². The normalized spacial score (nSPS) is 9.45. The smallest absolute Gasteiger partial charge is 0.330 e. The van der Waals surface area contributed by atoms with Crippen molar-refractivity contribution in [1.82, 2.24) is 0 Å². The zero-order valence-electron chi connectivity index (χ0n) is 6.84. The zero-order chi connectivity index (χ0) is 8.53. The molecule has 0 aliphatic rings. The van der Waals surface area contributed by atoms with Crippen LogP contribution in [0, 0.1) is 0 Å². The van der Waals surface area contributed by atoms with Crippen LogP contribution >= 0.6 is 0 Å². The molecule has 0 radical (unpaired) electrons. The molecule has 0 spiro atoms. The van der Waals surface area contributed by atoms with Crippen LogP contribution in [0.4, 0.5) is 0 Å². The summed E-state index contributed by atoms with van der Waals surface area (Å²) in [5, 5.41) is 0. The zero-order valence-corrected chi connectivity index (χ0v) is 8.84. The van der Waals surface area contributed by atoms with Crippen molar-refractivity contribution in [2.75, 3.05) is 13.2 Å². The maximum Gasteiger partial charge on any atom is 0.330 e. The molecule has 4 heteroatoms. The number of carbonyl (C=O) groups is 1. The molecule has 3 nitrogen and oxygen atoms in total. The molecule has 0 bridgehead atoms. The lowest BCUT2D eigenvalue weighted by Crippen LogP contribution is -2.02. The summed E-state index contributed by atoms with van der Waals surface area (Å²) in [6, 6.07) is 0. The lowest BCUT2D eigenvalue weighted by molar-refractivity contribution is -0.137. The Balaban J connectivity index is 3.01. The summed E-state index contributed by atoms with van der Waals surface area (Å²) in [6.45, 7) is 4.53. The van der Waals surface area contributed by atoms with Gasteiger partial charge in [0.05, 0.1) is 6.61 Å². The van der Waals surface area contributed by atoms with Crippen LogP contribution in [0.3, 0.4) is 0 Å². The second-order valence-corrected chi connectivity index (χ2v) is 2.65. The van der Waals surface area contributed by atoms with Gasteiger partial charge in [0, 0.05) is 12.7 Å². The number of esters is 1. The molecular formula is C7H14O3Si. The third-order valence-corrected chi connectivity index (χ3v) is 1.56. The van der Waals surface area contributed by atoms with Gasteiger partial charge in [-0.05, 0) is 12.8 Å². The molecule has 0 aliphatic carbocycles. The van der Waals surface area contributed by atoms with Crippen molar-refractivity contribution >= 4 is 16.5 Å². The number of rotatable bonds is 6. The summed E-state index contributed by atoms with van der Waals surface area (Å²) in [7, 11) is 0.781. The van der Waals surface area contributed by atoms with Crippen LogP contribution in [-0.2, 0) is 14.0 Å². The van der Waals surface area contributed by atoms with Gasteiger partial charge in [0.2, 0.25) is 0 Å². The molecule has 0 atom stereocenters. The summed E-state index contributed by atoms with van der Waals surface area (Å²) >= 11 is 0. The molecule has 0 aliphatic heterocycles. The third kappa shape index (κ3) is 7.28. The van der Waals surface area contributed by atoms with Crippen LogP contribution in [0.25, 0.3) is 0 Å². The first kappa shape index (κ1) is 10.4. The van der Waals surface area contributed by atoms with Gasteiger partial charge in [-0.15, -0.1) is 0 Å². The van der Waals surface area contributed by atoms with Crippen molar-refractivity contribution in [1.29, 1.82) is 0 Å². The Morgan fingerprint density at radius 3 is 2.64 bits per heavy atom. The Morgan fingerprint density at radius 1 is 1.45 bits per heavy atom. The standard InChI is InChI=1S/C7H14O3Si/c1-2-7(8)9-5-3-4-6-10-11/h2H,1,3-6H2,11H3. The summed E-state index contributed by atoms with van der Waals surface area (Å²) < 4.78 is 9.69. The van der Waals surface area contributed by atoms with Crippen LogP contribution in [0.5, 0.6) is 0 Å². The highest BCUT2D eigenvalue weighted by Gasteiger charge is 1.93. The predicted octanol–water partition coefficient (Wildman–Crippen LogP) is -0.207. The molecule has 0 saturated heterocycles. The molecule has 0 aromatic rings. The molecule has 0 aromatic heterocycles. The third-order valence-electron chi connectivity index (χ3n) is 1.15. The van der Waals surface area contributed by atoms with Crippen LogP contribution in [-0.4, -0.2) is 29.7 Å². The van der Waals surface area contributed by atoms with E-state index in [2.05, 4.69) is 6.58 Å². The van der Waals surface area contributed by atoms with Crippen molar-refractivity contribution < 1.29 is 14.0 Å². The molecule has 0 rings (SSSR count). The number of unbranched alkanes of at least 4 members (excludes halogenated alkanes) is 1.